The number of piperidine rings is 1. The lowest BCUT2D eigenvalue weighted by atomic mass is 9.77. The monoisotopic (exact) mass is 914 g/mol. The Hall–Kier alpha value is -3.36. The molecule has 3 fully saturated rings. The number of cyclic esters (lactones) is 1. The first-order chi connectivity index (χ1) is 30.5. The number of hydrogen-bond donors (Lipinski definition) is 2. The van der Waals surface area contributed by atoms with E-state index in [9.17, 15) is 34.2 Å². The number of fused-ring (bicyclic) bond motifs is 3. The molecule has 0 aromatic heterocycles. The number of aliphatic hydroxyl groups excluding tert-OH is 2. The van der Waals surface area contributed by atoms with Crippen molar-refractivity contribution in [1.82, 2.24) is 4.90 Å². The Morgan fingerprint density at radius 3 is 2.29 bits per heavy atom. The number of ketones is 3. The van der Waals surface area contributed by atoms with E-state index in [1.54, 1.807) is 34.0 Å². The van der Waals surface area contributed by atoms with Gasteiger partial charge in [0, 0.05) is 44.9 Å². The van der Waals surface area contributed by atoms with Gasteiger partial charge in [-0.15, -0.1) is 0 Å². The highest BCUT2D eigenvalue weighted by Crippen LogP contribution is 2.43. The third-order valence-electron chi connectivity index (χ3n) is 14.9. The molecule has 1 amide bonds. The number of ether oxygens (including phenoxy) is 4. The Morgan fingerprint density at radius 1 is 0.908 bits per heavy atom. The van der Waals surface area contributed by atoms with Crippen molar-refractivity contribution in [3.8, 4) is 0 Å². The zero-order valence-electron chi connectivity index (χ0n) is 41.1. The van der Waals surface area contributed by atoms with Crippen molar-refractivity contribution >= 4 is 29.2 Å². The lowest BCUT2D eigenvalue weighted by Gasteiger charge is -2.42. The number of carbonyl (C=O) groups is 5. The summed E-state index contributed by atoms with van der Waals surface area (Å²) in [5.74, 6) is -8.96. The van der Waals surface area contributed by atoms with Crippen molar-refractivity contribution in [2.75, 3.05) is 20.8 Å². The molecule has 2 bridgehead atoms. The number of carbonyl (C=O) groups excluding carboxylic acids is 5. The summed E-state index contributed by atoms with van der Waals surface area (Å²) in [6.45, 7) is 16.7. The SMILES string of the molecule is CO[C@@H]1C[C@H](C[C@@H](C)C2CC(=O)[C@H](C)/C=C(\C)[C@@H](O)[C@@H](OC)C(=O)[C@H](C)C[C@H](C)/C=C/C=C/C=C(\C)C(C)(C)C[C@@H]3CC[C@@H](C)[C@@](F)(O3)C(=O)C(=O)N3CCCC[C@H]3C(=O)O2)CC[C@H]1O. The Balaban J connectivity index is 1.71. The molecule has 13 heteroatoms. The second-order valence-electron chi connectivity index (χ2n) is 20.6. The van der Waals surface area contributed by atoms with Gasteiger partial charge in [-0.2, -0.15) is 0 Å². The largest absolute Gasteiger partial charge is 0.460 e. The van der Waals surface area contributed by atoms with Crippen LogP contribution in [0.15, 0.2) is 47.6 Å². The molecule has 0 spiro atoms. The zero-order valence-corrected chi connectivity index (χ0v) is 41.1. The summed E-state index contributed by atoms with van der Waals surface area (Å²) in [7, 11) is 2.94. The number of rotatable bonds is 5. The first-order valence-corrected chi connectivity index (χ1v) is 24.2. The molecule has 0 aromatic carbocycles. The molecule has 14 atom stereocenters. The lowest BCUT2D eigenvalue weighted by molar-refractivity contribution is -0.231. The van der Waals surface area contributed by atoms with Gasteiger partial charge in [0.15, 0.2) is 5.78 Å². The molecule has 2 saturated heterocycles. The standard InChI is InChI=1S/C52H80FNO11/c1-31-17-13-12-14-18-36(6)51(8,9)30-39-22-20-37(7)52(53,65-39)48(59)49(60)54-24-16-15-19-40(54)50(61)64-43(33(3)27-38-21-23-41(55)44(28-38)62-10)29-42(56)32(2)26-35(5)46(58)47(63-11)45(57)34(4)25-31/h12-14,17-18,26,31-34,37-41,43-44,46-47,55,58H,15-16,19-25,27-30H2,1-11H3/b14-12+,17-13+,35-26+,36-18+/t31-,32-,33-,34-,37-,38+,39+,40+,41-,43?,44-,46-,47+,52-/m1/s1. The fraction of sp³-hybridized carbons (Fsp3) is 0.750. The van der Waals surface area contributed by atoms with E-state index in [0.717, 1.165) is 10.5 Å². The minimum atomic E-state index is -2.89. The molecule has 65 heavy (non-hydrogen) atoms. The predicted molar refractivity (Wildman–Crippen MR) is 247 cm³/mol. The molecule has 0 aromatic rings. The van der Waals surface area contributed by atoms with Crippen molar-refractivity contribution in [3.63, 3.8) is 0 Å². The number of Topliss-reactive ketones (excluding diaryl/α,β-unsaturated/α-hetero) is 3. The molecule has 4 rings (SSSR count). The third-order valence-corrected chi connectivity index (χ3v) is 14.9. The third kappa shape index (κ3) is 14.1. The van der Waals surface area contributed by atoms with Crippen LogP contribution in [0.1, 0.15) is 139 Å². The van der Waals surface area contributed by atoms with E-state index in [2.05, 4.69) is 0 Å². The number of aliphatic hydroxyl groups is 2. The van der Waals surface area contributed by atoms with Gasteiger partial charge in [0.05, 0.1) is 18.3 Å². The maximum absolute atomic E-state index is 17.1. The van der Waals surface area contributed by atoms with E-state index < -0.39 is 83.2 Å². The summed E-state index contributed by atoms with van der Waals surface area (Å²) in [6.07, 6.45) is 11.6. The highest BCUT2D eigenvalue weighted by Gasteiger charge is 2.55. The topological polar surface area (TPSA) is 166 Å². The maximum Gasteiger partial charge on any atom is 0.329 e. The second-order valence-corrected chi connectivity index (χ2v) is 20.6. The van der Waals surface area contributed by atoms with E-state index in [1.165, 1.54) is 7.11 Å². The van der Waals surface area contributed by atoms with E-state index in [4.69, 9.17) is 18.9 Å². The predicted octanol–water partition coefficient (Wildman–Crippen LogP) is 8.17. The van der Waals surface area contributed by atoms with Gasteiger partial charge in [0.1, 0.15) is 30.1 Å². The van der Waals surface area contributed by atoms with Crippen LogP contribution >= 0.6 is 0 Å². The zero-order chi connectivity index (χ0) is 48.4. The first kappa shape index (κ1) is 54.2. The van der Waals surface area contributed by atoms with Gasteiger partial charge >= 0.3 is 5.97 Å². The van der Waals surface area contributed by atoms with Gasteiger partial charge in [-0.25, -0.2) is 9.18 Å². The first-order valence-electron chi connectivity index (χ1n) is 24.2. The Kier molecular flexibility index (Phi) is 20.1. The number of methoxy groups -OCH3 is 2. The van der Waals surface area contributed by atoms with Crippen molar-refractivity contribution in [2.45, 2.75) is 188 Å². The summed E-state index contributed by atoms with van der Waals surface area (Å²) in [5, 5.41) is 21.9. The minimum absolute atomic E-state index is 0.0257. The van der Waals surface area contributed by atoms with Gasteiger partial charge in [0.2, 0.25) is 0 Å². The number of allylic oxidation sites excluding steroid dienone is 7. The molecule has 4 aliphatic rings. The number of alkyl halides is 1. The highest BCUT2D eigenvalue weighted by atomic mass is 19.2. The summed E-state index contributed by atoms with van der Waals surface area (Å²) in [6, 6.07) is -1.18. The number of halogens is 1. The fourth-order valence-electron chi connectivity index (χ4n) is 10.2. The van der Waals surface area contributed by atoms with E-state index >= 15 is 4.39 Å². The van der Waals surface area contributed by atoms with Crippen molar-refractivity contribution in [3.05, 3.63) is 47.6 Å². The van der Waals surface area contributed by atoms with E-state index in [1.807, 2.05) is 71.9 Å². The van der Waals surface area contributed by atoms with Crippen LogP contribution in [-0.2, 0) is 42.9 Å². The van der Waals surface area contributed by atoms with Crippen LogP contribution in [0.2, 0.25) is 0 Å². The average Bonchev–Trinajstić information content (AvgIpc) is 3.26. The molecule has 3 heterocycles. The van der Waals surface area contributed by atoms with Gasteiger partial charge in [-0.3, -0.25) is 19.2 Å². The molecule has 12 nitrogen and oxygen atoms in total. The number of esters is 1. The minimum Gasteiger partial charge on any atom is -0.460 e. The van der Waals surface area contributed by atoms with Gasteiger partial charge in [-0.1, -0.05) is 90.5 Å². The van der Waals surface area contributed by atoms with E-state index in [0.29, 0.717) is 69.8 Å². The van der Waals surface area contributed by atoms with Crippen LogP contribution in [-0.4, -0.2) is 114 Å². The van der Waals surface area contributed by atoms with Crippen molar-refractivity contribution in [2.24, 2.45) is 40.9 Å². The summed E-state index contributed by atoms with van der Waals surface area (Å²) >= 11 is 0. The summed E-state index contributed by atoms with van der Waals surface area (Å²) in [4.78, 5) is 71.6. The summed E-state index contributed by atoms with van der Waals surface area (Å²) in [5.41, 5.74) is 0.941. The number of hydrogen-bond acceptors (Lipinski definition) is 11. The second kappa shape index (κ2) is 24.1. The number of nitrogens with zero attached hydrogens (tertiary/aromatic N) is 1. The lowest BCUT2D eigenvalue weighted by Crippen LogP contribution is -2.59. The van der Waals surface area contributed by atoms with Gasteiger partial charge < -0.3 is 34.1 Å². The quantitative estimate of drug-likeness (QED) is 0.155. The van der Waals surface area contributed by atoms with Crippen LogP contribution < -0.4 is 0 Å². The Labute approximate surface area is 387 Å². The molecule has 2 N–H and O–H groups in total. The summed E-state index contributed by atoms with van der Waals surface area (Å²) < 4.78 is 40.5. The average molecular weight is 914 g/mol. The molecule has 3 aliphatic heterocycles. The molecule has 366 valence electrons. The maximum atomic E-state index is 17.1. The Morgan fingerprint density at radius 2 is 1.62 bits per heavy atom. The molecule has 1 unspecified atom stereocenters. The highest BCUT2D eigenvalue weighted by molar-refractivity contribution is 6.39. The van der Waals surface area contributed by atoms with Crippen LogP contribution in [0.4, 0.5) is 4.39 Å². The molecule has 0 radical (unpaired) electrons. The fourth-order valence-corrected chi connectivity index (χ4v) is 10.2. The van der Waals surface area contributed by atoms with E-state index in [-0.39, 0.29) is 54.8 Å². The normalized spacial score (nSPS) is 40.1. The van der Waals surface area contributed by atoms with Crippen molar-refractivity contribution in [1.29, 1.82) is 0 Å². The van der Waals surface area contributed by atoms with Gasteiger partial charge in [0.25, 0.3) is 17.5 Å². The Bertz CT molecular complexity index is 1790. The number of amides is 1. The van der Waals surface area contributed by atoms with Crippen molar-refractivity contribution < 1.29 is 57.5 Å². The molecule has 1 saturated carbocycles. The van der Waals surface area contributed by atoms with Gasteiger partial charge in [-0.05, 0) is 113 Å². The van der Waals surface area contributed by atoms with Crippen LogP contribution in [0.5, 0.6) is 0 Å². The molecular formula is C52H80FNO11. The smallest absolute Gasteiger partial charge is 0.329 e. The van der Waals surface area contributed by atoms with Crippen LogP contribution in [0, 0.1) is 40.9 Å². The molecular weight excluding hydrogens is 834 g/mol. The molecule has 1 aliphatic carbocycles. The van der Waals surface area contributed by atoms with Crippen LogP contribution in [0.25, 0.3) is 0 Å². The van der Waals surface area contributed by atoms with Crippen LogP contribution in [0.3, 0.4) is 0 Å².